The Bertz CT molecular complexity index is 1000. The number of hydrogen-bond acceptors (Lipinski definition) is 4. The lowest BCUT2D eigenvalue weighted by atomic mass is 10.2. The third-order valence-electron chi connectivity index (χ3n) is 4.71. The van der Waals surface area contributed by atoms with E-state index in [0.717, 1.165) is 16.8 Å². The fourth-order valence-corrected chi connectivity index (χ4v) is 4.49. The topological polar surface area (TPSA) is 66.9 Å². The zero-order chi connectivity index (χ0) is 20.3. The van der Waals surface area contributed by atoms with Crippen molar-refractivity contribution in [3.63, 3.8) is 0 Å². The first kappa shape index (κ1) is 20.1. The Labute approximate surface area is 166 Å². The van der Waals surface area contributed by atoms with Crippen molar-refractivity contribution in [2.24, 2.45) is 0 Å². The maximum Gasteiger partial charge on any atom is 0.243 e. The molecule has 7 heteroatoms. The van der Waals surface area contributed by atoms with Crippen LogP contribution in [0, 0.1) is 0 Å². The average Bonchev–Trinajstić information content (AvgIpc) is 3.10. The van der Waals surface area contributed by atoms with Crippen molar-refractivity contribution < 1.29 is 17.9 Å². The van der Waals surface area contributed by atoms with Crippen molar-refractivity contribution >= 4 is 21.6 Å². The van der Waals surface area contributed by atoms with E-state index in [2.05, 4.69) is 6.58 Å². The molecular weight excluding hydrogens is 376 g/mol. The van der Waals surface area contributed by atoms with Gasteiger partial charge in [0.05, 0.1) is 4.90 Å². The molecule has 2 aromatic rings. The lowest BCUT2D eigenvalue weighted by Crippen LogP contribution is -2.27. The van der Waals surface area contributed by atoms with E-state index in [4.69, 9.17) is 4.74 Å². The molecule has 0 aliphatic carbocycles. The Kier molecular flexibility index (Phi) is 5.86. The van der Waals surface area contributed by atoms with Crippen molar-refractivity contribution in [1.82, 2.24) is 4.31 Å². The molecule has 1 aliphatic heterocycles. The van der Waals surface area contributed by atoms with Crippen LogP contribution in [0.3, 0.4) is 0 Å². The van der Waals surface area contributed by atoms with Gasteiger partial charge in [-0.25, -0.2) is 8.42 Å². The SMILES string of the molecule is C=CCOc1cccc(CN(C)S(=O)(=O)c2ccc3c(c2)CCN3C(C)=O)c1. The number of anilines is 1. The molecule has 0 fully saturated rings. The Morgan fingerprint density at radius 1 is 1.29 bits per heavy atom. The van der Waals surface area contributed by atoms with Crippen LogP contribution in [0.1, 0.15) is 18.1 Å². The third-order valence-corrected chi connectivity index (χ3v) is 6.51. The number of rotatable bonds is 7. The minimum Gasteiger partial charge on any atom is -0.490 e. The van der Waals surface area contributed by atoms with Gasteiger partial charge in [-0.15, -0.1) is 0 Å². The minimum atomic E-state index is -3.65. The fraction of sp³-hybridized carbons (Fsp3) is 0.286. The number of nitrogens with zero attached hydrogens (tertiary/aromatic N) is 2. The van der Waals surface area contributed by atoms with Gasteiger partial charge in [0.1, 0.15) is 12.4 Å². The normalized spacial score (nSPS) is 13.5. The van der Waals surface area contributed by atoms with Gasteiger partial charge in [-0.3, -0.25) is 4.79 Å². The molecule has 1 aliphatic rings. The number of ether oxygens (including phenoxy) is 1. The van der Waals surface area contributed by atoms with Crippen molar-refractivity contribution in [2.75, 3.05) is 25.1 Å². The van der Waals surface area contributed by atoms with E-state index in [0.29, 0.717) is 25.3 Å². The summed E-state index contributed by atoms with van der Waals surface area (Å²) < 4.78 is 32.8. The first-order chi connectivity index (χ1) is 13.3. The van der Waals surface area contributed by atoms with Crippen LogP contribution in [-0.2, 0) is 27.8 Å². The molecular formula is C21H24N2O4S. The fourth-order valence-electron chi connectivity index (χ4n) is 3.28. The van der Waals surface area contributed by atoms with E-state index in [1.165, 1.54) is 11.2 Å². The van der Waals surface area contributed by atoms with Crippen molar-refractivity contribution in [3.05, 3.63) is 66.2 Å². The Hall–Kier alpha value is -2.64. The summed E-state index contributed by atoms with van der Waals surface area (Å²) in [6.07, 6.45) is 2.31. The van der Waals surface area contributed by atoms with Gasteiger partial charge in [0.25, 0.3) is 0 Å². The van der Waals surface area contributed by atoms with E-state index in [9.17, 15) is 13.2 Å². The van der Waals surface area contributed by atoms with Gasteiger partial charge < -0.3 is 9.64 Å². The molecule has 0 spiro atoms. The van der Waals surface area contributed by atoms with Crippen LogP contribution in [-0.4, -0.2) is 38.8 Å². The van der Waals surface area contributed by atoms with Crippen LogP contribution in [0.5, 0.6) is 5.75 Å². The van der Waals surface area contributed by atoms with E-state index < -0.39 is 10.0 Å². The molecule has 0 unspecified atom stereocenters. The maximum absolute atomic E-state index is 13.0. The van der Waals surface area contributed by atoms with Crippen LogP contribution in [0.25, 0.3) is 0 Å². The van der Waals surface area contributed by atoms with Crippen molar-refractivity contribution in [3.8, 4) is 5.75 Å². The average molecular weight is 401 g/mol. The highest BCUT2D eigenvalue weighted by Gasteiger charge is 2.26. The highest BCUT2D eigenvalue weighted by molar-refractivity contribution is 7.89. The maximum atomic E-state index is 13.0. The number of sulfonamides is 1. The summed E-state index contributed by atoms with van der Waals surface area (Å²) in [6, 6.07) is 12.3. The molecule has 148 valence electrons. The first-order valence-corrected chi connectivity index (χ1v) is 10.5. The van der Waals surface area contributed by atoms with Gasteiger partial charge in [0, 0.05) is 32.7 Å². The zero-order valence-corrected chi connectivity index (χ0v) is 16.9. The summed E-state index contributed by atoms with van der Waals surface area (Å²) in [5.41, 5.74) is 2.50. The van der Waals surface area contributed by atoms with Crippen LogP contribution in [0.15, 0.2) is 60.0 Å². The highest BCUT2D eigenvalue weighted by atomic mass is 32.2. The summed E-state index contributed by atoms with van der Waals surface area (Å²) in [5.74, 6) is 0.634. The standard InChI is InChI=1S/C21H24N2O4S/c1-4-12-27-19-7-5-6-17(13-19)15-22(3)28(25,26)20-8-9-21-18(14-20)10-11-23(21)16(2)24/h4-9,13-14H,1,10-12,15H2,2-3H3. The van der Waals surface area contributed by atoms with E-state index in [1.807, 2.05) is 24.3 Å². The summed E-state index contributed by atoms with van der Waals surface area (Å²) in [4.78, 5) is 13.6. The number of benzene rings is 2. The van der Waals surface area contributed by atoms with Gasteiger partial charge >= 0.3 is 0 Å². The zero-order valence-electron chi connectivity index (χ0n) is 16.1. The molecule has 0 bridgehead atoms. The van der Waals surface area contributed by atoms with Gasteiger partial charge in [-0.1, -0.05) is 24.8 Å². The summed E-state index contributed by atoms with van der Waals surface area (Å²) >= 11 is 0. The third kappa shape index (κ3) is 4.10. The second kappa shape index (κ2) is 8.16. The summed E-state index contributed by atoms with van der Waals surface area (Å²) in [6.45, 7) is 6.34. The summed E-state index contributed by atoms with van der Waals surface area (Å²) in [5, 5.41) is 0. The molecule has 6 nitrogen and oxygen atoms in total. The molecule has 0 aromatic heterocycles. The predicted octanol–water partition coefficient (Wildman–Crippen LogP) is 2.98. The van der Waals surface area contributed by atoms with Crippen LogP contribution < -0.4 is 9.64 Å². The number of hydrogen-bond donors (Lipinski definition) is 0. The van der Waals surface area contributed by atoms with Gasteiger partial charge in [0.2, 0.25) is 15.9 Å². The van der Waals surface area contributed by atoms with E-state index in [-0.39, 0.29) is 17.3 Å². The van der Waals surface area contributed by atoms with Crippen LogP contribution in [0.4, 0.5) is 5.69 Å². The number of fused-ring (bicyclic) bond motifs is 1. The number of carbonyl (C=O) groups excluding carboxylic acids is 1. The molecule has 2 aromatic carbocycles. The second-order valence-corrected chi connectivity index (χ2v) is 8.76. The molecule has 1 amide bonds. The monoisotopic (exact) mass is 400 g/mol. The number of amides is 1. The van der Waals surface area contributed by atoms with E-state index >= 15 is 0 Å². The molecule has 0 atom stereocenters. The molecule has 28 heavy (non-hydrogen) atoms. The Balaban J connectivity index is 1.79. The number of carbonyl (C=O) groups is 1. The largest absolute Gasteiger partial charge is 0.490 e. The lowest BCUT2D eigenvalue weighted by molar-refractivity contribution is -0.116. The molecule has 0 saturated carbocycles. The summed E-state index contributed by atoms with van der Waals surface area (Å²) in [7, 11) is -2.10. The van der Waals surface area contributed by atoms with Gasteiger partial charge in [-0.2, -0.15) is 4.31 Å². The molecule has 0 N–H and O–H groups in total. The highest BCUT2D eigenvalue weighted by Crippen LogP contribution is 2.31. The Morgan fingerprint density at radius 3 is 2.79 bits per heavy atom. The van der Waals surface area contributed by atoms with Crippen molar-refractivity contribution in [2.45, 2.75) is 24.8 Å². The minimum absolute atomic E-state index is 0.0370. The Morgan fingerprint density at radius 2 is 2.07 bits per heavy atom. The predicted molar refractivity (Wildman–Crippen MR) is 109 cm³/mol. The van der Waals surface area contributed by atoms with Crippen LogP contribution in [0.2, 0.25) is 0 Å². The van der Waals surface area contributed by atoms with Crippen molar-refractivity contribution in [1.29, 1.82) is 0 Å². The van der Waals surface area contributed by atoms with Gasteiger partial charge in [-0.05, 0) is 47.9 Å². The first-order valence-electron chi connectivity index (χ1n) is 9.03. The lowest BCUT2D eigenvalue weighted by Gasteiger charge is -2.19. The smallest absolute Gasteiger partial charge is 0.243 e. The quantitative estimate of drug-likeness (QED) is 0.670. The van der Waals surface area contributed by atoms with E-state index in [1.54, 1.807) is 36.2 Å². The molecule has 3 rings (SSSR count). The second-order valence-electron chi connectivity index (χ2n) is 6.72. The van der Waals surface area contributed by atoms with Crippen LogP contribution >= 0.6 is 0 Å². The molecule has 0 saturated heterocycles. The van der Waals surface area contributed by atoms with Gasteiger partial charge in [0.15, 0.2) is 0 Å². The molecule has 1 heterocycles. The molecule has 0 radical (unpaired) electrons.